The number of carboxylic acids is 1. The molecule has 204 valence electrons. The largest absolute Gasteiger partial charge is 0.497 e. The van der Waals surface area contributed by atoms with Gasteiger partial charge in [0, 0.05) is 27.1 Å². The van der Waals surface area contributed by atoms with Crippen LogP contribution >= 0.6 is 0 Å². The number of rotatable bonds is 15. The Morgan fingerprint density at radius 2 is 1.59 bits per heavy atom. The first-order valence-corrected chi connectivity index (χ1v) is 14.2. The Balaban J connectivity index is 2.14. The van der Waals surface area contributed by atoms with Crippen molar-refractivity contribution in [2.45, 2.75) is 70.1 Å². The number of ether oxygens (including phenoxy) is 1. The minimum Gasteiger partial charge on any atom is -0.497 e. The molecule has 0 spiro atoms. The van der Waals surface area contributed by atoms with Crippen LogP contribution in [-0.2, 0) is 21.2 Å². The Bertz CT molecular complexity index is 1160. The average molecular weight is 533 g/mol. The highest BCUT2D eigenvalue weighted by Crippen LogP contribution is 2.31. The molecule has 8 nitrogen and oxygen atoms in total. The highest BCUT2D eigenvalue weighted by molar-refractivity contribution is 7.92. The fourth-order valence-electron chi connectivity index (χ4n) is 4.30. The van der Waals surface area contributed by atoms with E-state index in [9.17, 15) is 23.1 Å². The molecule has 0 aromatic heterocycles. The van der Waals surface area contributed by atoms with Gasteiger partial charge in [-0.05, 0) is 61.2 Å². The molecule has 0 bridgehead atoms. The molecule has 0 saturated heterocycles. The molecule has 0 aliphatic carbocycles. The van der Waals surface area contributed by atoms with Crippen LogP contribution in [0.1, 0.15) is 73.4 Å². The maximum atomic E-state index is 13.2. The van der Waals surface area contributed by atoms with Crippen LogP contribution in [-0.4, -0.2) is 58.1 Å². The first-order valence-electron chi connectivity index (χ1n) is 12.8. The number of hydrogen-bond donors (Lipinski definition) is 1. The van der Waals surface area contributed by atoms with Crippen molar-refractivity contribution in [3.63, 3.8) is 0 Å². The van der Waals surface area contributed by atoms with Gasteiger partial charge in [0.15, 0.2) is 0 Å². The van der Waals surface area contributed by atoms with E-state index < -0.39 is 16.0 Å². The lowest BCUT2D eigenvalue weighted by molar-refractivity contribution is -0.129. The molecule has 2 aromatic carbocycles. The molecule has 1 amide bonds. The molecule has 0 aliphatic rings. The second kappa shape index (κ2) is 14.0. The Morgan fingerprint density at radius 3 is 2.19 bits per heavy atom. The summed E-state index contributed by atoms with van der Waals surface area (Å²) in [5.41, 5.74) is 1.15. The number of carboxylic acid groups (broad SMARTS) is 1. The fraction of sp³-hybridized carbons (Fsp3) is 0.500. The summed E-state index contributed by atoms with van der Waals surface area (Å²) in [5.74, 6) is -0.713. The lowest BCUT2D eigenvalue weighted by Gasteiger charge is -2.24. The molecular weight excluding hydrogens is 492 g/mol. The quantitative estimate of drug-likeness (QED) is 0.313. The van der Waals surface area contributed by atoms with E-state index in [2.05, 4.69) is 6.92 Å². The van der Waals surface area contributed by atoms with Gasteiger partial charge in [0.1, 0.15) is 5.75 Å². The van der Waals surface area contributed by atoms with E-state index in [4.69, 9.17) is 4.74 Å². The molecule has 0 saturated carbocycles. The van der Waals surface area contributed by atoms with Crippen molar-refractivity contribution in [1.29, 1.82) is 0 Å². The highest BCUT2D eigenvalue weighted by atomic mass is 32.2. The number of aromatic carboxylic acids is 1. The number of hydrogen-bond acceptors (Lipinski definition) is 5. The van der Waals surface area contributed by atoms with Crippen LogP contribution in [0.3, 0.4) is 0 Å². The summed E-state index contributed by atoms with van der Waals surface area (Å²) in [4.78, 5) is 26.5. The Labute approximate surface area is 221 Å². The average Bonchev–Trinajstić information content (AvgIpc) is 2.88. The van der Waals surface area contributed by atoms with Crippen molar-refractivity contribution < 1.29 is 27.9 Å². The molecule has 1 N–H and O–H groups in total. The number of amides is 1. The maximum absolute atomic E-state index is 13.2. The van der Waals surface area contributed by atoms with E-state index in [1.54, 1.807) is 24.9 Å². The predicted octanol–water partition coefficient (Wildman–Crippen LogP) is 5.28. The number of nitrogens with zero attached hydrogens (tertiary/aromatic N) is 2. The minimum absolute atomic E-state index is 0.00589. The third-order valence-corrected chi connectivity index (χ3v) is 8.30. The Hall–Kier alpha value is -3.07. The van der Waals surface area contributed by atoms with E-state index in [-0.39, 0.29) is 28.5 Å². The molecule has 0 heterocycles. The van der Waals surface area contributed by atoms with E-state index in [1.807, 2.05) is 0 Å². The number of anilines is 1. The van der Waals surface area contributed by atoms with Crippen LogP contribution in [0.2, 0.25) is 0 Å². The zero-order valence-electron chi connectivity index (χ0n) is 22.6. The molecule has 0 atom stereocenters. The lowest BCUT2D eigenvalue weighted by Crippen LogP contribution is -2.29. The molecule has 0 unspecified atom stereocenters. The first-order chi connectivity index (χ1) is 17.5. The zero-order chi connectivity index (χ0) is 27.6. The second-order valence-corrected chi connectivity index (χ2v) is 11.3. The van der Waals surface area contributed by atoms with Gasteiger partial charge >= 0.3 is 5.97 Å². The number of methoxy groups -OCH3 is 1. The van der Waals surface area contributed by atoms with Crippen LogP contribution in [0, 0.1) is 6.92 Å². The monoisotopic (exact) mass is 532 g/mol. The van der Waals surface area contributed by atoms with Gasteiger partial charge in [0.05, 0.1) is 23.3 Å². The normalized spacial score (nSPS) is 11.3. The van der Waals surface area contributed by atoms with Crippen molar-refractivity contribution in [1.82, 2.24) is 4.90 Å². The minimum atomic E-state index is -4.01. The van der Waals surface area contributed by atoms with Gasteiger partial charge in [-0.15, -0.1) is 0 Å². The summed E-state index contributed by atoms with van der Waals surface area (Å²) in [7, 11) is 0.617. The van der Waals surface area contributed by atoms with E-state index in [0.29, 0.717) is 29.8 Å². The number of benzene rings is 2. The van der Waals surface area contributed by atoms with Crippen molar-refractivity contribution in [3.8, 4) is 5.75 Å². The third kappa shape index (κ3) is 8.21. The lowest BCUT2D eigenvalue weighted by atomic mass is 10.00. The van der Waals surface area contributed by atoms with Crippen LogP contribution in [0.4, 0.5) is 5.69 Å². The molecule has 0 aliphatic heterocycles. The SMILES string of the molecule is CCCCCCCCN(C)C(=O)CCc1cc(C)c(N(C)S(=O)(=O)c2ccc(OC)cc2)c(C(=O)O)c1. The zero-order valence-corrected chi connectivity index (χ0v) is 23.4. The fourth-order valence-corrected chi connectivity index (χ4v) is 5.58. The second-order valence-electron chi connectivity index (χ2n) is 9.35. The van der Waals surface area contributed by atoms with Gasteiger partial charge in [0.2, 0.25) is 5.91 Å². The summed E-state index contributed by atoms with van der Waals surface area (Å²) in [6.45, 7) is 4.57. The van der Waals surface area contributed by atoms with Crippen molar-refractivity contribution in [2.24, 2.45) is 0 Å². The molecule has 37 heavy (non-hydrogen) atoms. The standard InChI is InChI=1S/C28H40N2O6S/c1-6-7-8-9-10-11-18-29(3)26(31)17-12-22-19-21(2)27(25(20-22)28(32)33)30(4)37(34,35)24-15-13-23(36-5)14-16-24/h13-16,19-20H,6-12,17-18H2,1-5H3,(H,32,33). The van der Waals surface area contributed by atoms with Crippen LogP contribution in [0.15, 0.2) is 41.3 Å². The number of carbonyl (C=O) groups excluding carboxylic acids is 1. The number of sulfonamides is 1. The van der Waals surface area contributed by atoms with Gasteiger partial charge in [-0.2, -0.15) is 0 Å². The summed E-state index contributed by atoms with van der Waals surface area (Å²) >= 11 is 0. The van der Waals surface area contributed by atoms with E-state index >= 15 is 0 Å². The first kappa shape index (κ1) is 30.2. The van der Waals surface area contributed by atoms with Gasteiger partial charge < -0.3 is 14.7 Å². The summed E-state index contributed by atoms with van der Waals surface area (Å²) < 4.78 is 32.6. The molecule has 0 fully saturated rings. The summed E-state index contributed by atoms with van der Waals surface area (Å²) in [5, 5.41) is 9.89. The molecule has 9 heteroatoms. The maximum Gasteiger partial charge on any atom is 0.337 e. The van der Waals surface area contributed by atoms with Gasteiger partial charge in [-0.1, -0.05) is 45.1 Å². The number of carbonyl (C=O) groups is 2. The van der Waals surface area contributed by atoms with Crippen molar-refractivity contribution >= 4 is 27.6 Å². The molecule has 2 aromatic rings. The van der Waals surface area contributed by atoms with Crippen molar-refractivity contribution in [2.75, 3.05) is 32.1 Å². The van der Waals surface area contributed by atoms with Crippen LogP contribution in [0.25, 0.3) is 0 Å². The summed E-state index contributed by atoms with van der Waals surface area (Å²) in [6, 6.07) is 9.13. The van der Waals surface area contributed by atoms with Gasteiger partial charge in [-0.3, -0.25) is 9.10 Å². The Morgan fingerprint density at radius 1 is 0.973 bits per heavy atom. The molecular formula is C28H40N2O6S. The summed E-state index contributed by atoms with van der Waals surface area (Å²) in [6.07, 6.45) is 7.56. The van der Waals surface area contributed by atoms with E-state index in [1.165, 1.54) is 70.2 Å². The predicted molar refractivity (Wildman–Crippen MR) is 146 cm³/mol. The smallest absolute Gasteiger partial charge is 0.337 e. The van der Waals surface area contributed by atoms with Gasteiger partial charge in [0.25, 0.3) is 10.0 Å². The van der Waals surface area contributed by atoms with Gasteiger partial charge in [-0.25, -0.2) is 13.2 Å². The van der Waals surface area contributed by atoms with Crippen LogP contribution in [0.5, 0.6) is 5.75 Å². The van der Waals surface area contributed by atoms with Crippen molar-refractivity contribution in [3.05, 3.63) is 53.1 Å². The highest BCUT2D eigenvalue weighted by Gasteiger charge is 2.27. The van der Waals surface area contributed by atoms with E-state index in [0.717, 1.165) is 17.1 Å². The van der Waals surface area contributed by atoms with Crippen LogP contribution < -0.4 is 9.04 Å². The number of aryl methyl sites for hydroxylation is 2. The number of unbranched alkanes of at least 4 members (excludes halogenated alkanes) is 5. The third-order valence-electron chi connectivity index (χ3n) is 6.52. The Kier molecular flexibility index (Phi) is 11.4. The molecule has 0 radical (unpaired) electrons. The molecule has 2 rings (SSSR count). The topological polar surface area (TPSA) is 104 Å².